The summed E-state index contributed by atoms with van der Waals surface area (Å²) in [5, 5.41) is 7.83. The van der Waals surface area contributed by atoms with E-state index in [1.807, 2.05) is 38.1 Å². The molecular weight excluding hydrogens is 529 g/mol. The normalized spacial score (nSPS) is 10.8. The predicted molar refractivity (Wildman–Crippen MR) is 137 cm³/mol. The number of halogens is 3. The van der Waals surface area contributed by atoms with Gasteiger partial charge in [0.2, 0.25) is 0 Å². The first kappa shape index (κ1) is 24.9. The van der Waals surface area contributed by atoms with E-state index < -0.39 is 6.03 Å². The van der Waals surface area contributed by atoms with Crippen LogP contribution < -0.4 is 20.2 Å². The van der Waals surface area contributed by atoms with Crippen LogP contribution in [-0.4, -0.2) is 18.9 Å². The molecule has 172 valence electrons. The van der Waals surface area contributed by atoms with Gasteiger partial charge in [0.1, 0.15) is 6.61 Å². The van der Waals surface area contributed by atoms with Crippen molar-refractivity contribution < 1.29 is 14.3 Å². The Hall–Kier alpha value is -2.74. The molecule has 0 heterocycles. The van der Waals surface area contributed by atoms with Crippen molar-refractivity contribution in [1.29, 1.82) is 0 Å². The lowest BCUT2D eigenvalue weighted by Crippen LogP contribution is -2.24. The average molecular weight is 551 g/mol. The molecule has 0 saturated carbocycles. The van der Waals surface area contributed by atoms with Gasteiger partial charge in [0.25, 0.3) is 0 Å². The first-order chi connectivity index (χ1) is 15.9. The molecule has 0 aromatic heterocycles. The van der Waals surface area contributed by atoms with E-state index in [1.165, 1.54) is 6.21 Å². The second kappa shape index (κ2) is 11.9. The lowest BCUT2D eigenvalue weighted by atomic mass is 10.2. The van der Waals surface area contributed by atoms with Crippen molar-refractivity contribution in [1.82, 2.24) is 5.43 Å². The van der Waals surface area contributed by atoms with Crippen LogP contribution in [0.15, 0.2) is 64.2 Å². The number of anilines is 1. The molecule has 3 rings (SSSR count). The molecule has 2 amide bonds. The predicted octanol–water partition coefficient (Wildman–Crippen LogP) is 7.20. The summed E-state index contributed by atoms with van der Waals surface area (Å²) >= 11 is 15.6. The minimum atomic E-state index is -0.446. The molecule has 0 fully saturated rings. The van der Waals surface area contributed by atoms with Crippen LogP contribution in [0.4, 0.5) is 10.5 Å². The maximum absolute atomic E-state index is 12.1. The van der Waals surface area contributed by atoms with Crippen LogP contribution in [-0.2, 0) is 6.61 Å². The number of benzene rings is 3. The van der Waals surface area contributed by atoms with Crippen molar-refractivity contribution in [2.45, 2.75) is 20.5 Å². The number of nitrogens with zero attached hydrogens (tertiary/aromatic N) is 1. The number of carbonyl (C=O) groups excluding carboxylic acids is 1. The van der Waals surface area contributed by atoms with Crippen molar-refractivity contribution in [3.8, 4) is 11.5 Å². The largest absolute Gasteiger partial charge is 0.490 e. The SMILES string of the molecule is CCOc1cc(/C=N/NC(=O)Nc2ccc(Br)c(C)c2)ccc1OCc1ccc(Cl)cc1Cl. The third-order valence-electron chi connectivity index (χ3n) is 4.46. The van der Waals surface area contributed by atoms with Crippen LogP contribution in [0.25, 0.3) is 0 Å². The monoisotopic (exact) mass is 549 g/mol. The Balaban J connectivity index is 1.62. The third-order valence-corrected chi connectivity index (χ3v) is 5.94. The van der Waals surface area contributed by atoms with Gasteiger partial charge in [-0.3, -0.25) is 0 Å². The summed E-state index contributed by atoms with van der Waals surface area (Å²) in [5.74, 6) is 1.12. The molecule has 0 atom stereocenters. The van der Waals surface area contributed by atoms with Crippen molar-refractivity contribution in [2.24, 2.45) is 5.10 Å². The zero-order valence-electron chi connectivity index (χ0n) is 18.0. The van der Waals surface area contributed by atoms with E-state index in [2.05, 4.69) is 31.8 Å². The van der Waals surface area contributed by atoms with E-state index in [4.69, 9.17) is 32.7 Å². The van der Waals surface area contributed by atoms with E-state index in [0.29, 0.717) is 33.8 Å². The molecule has 0 aliphatic heterocycles. The molecule has 3 aromatic rings. The van der Waals surface area contributed by atoms with Crippen LogP contribution in [0.5, 0.6) is 11.5 Å². The fraction of sp³-hybridized carbons (Fsp3) is 0.167. The number of ether oxygens (including phenoxy) is 2. The highest BCUT2D eigenvalue weighted by molar-refractivity contribution is 9.10. The van der Waals surface area contributed by atoms with Crippen LogP contribution in [0.3, 0.4) is 0 Å². The number of aryl methyl sites for hydroxylation is 1. The Morgan fingerprint density at radius 1 is 1.06 bits per heavy atom. The first-order valence-corrected chi connectivity index (χ1v) is 11.6. The summed E-state index contributed by atoms with van der Waals surface area (Å²) in [6.45, 7) is 4.56. The highest BCUT2D eigenvalue weighted by Gasteiger charge is 2.09. The third kappa shape index (κ3) is 7.39. The van der Waals surface area contributed by atoms with Crippen molar-refractivity contribution in [3.05, 3.63) is 85.8 Å². The number of hydrogen-bond acceptors (Lipinski definition) is 4. The Labute approximate surface area is 211 Å². The minimum Gasteiger partial charge on any atom is -0.490 e. The Morgan fingerprint density at radius 3 is 2.61 bits per heavy atom. The van der Waals surface area contributed by atoms with E-state index in [1.54, 1.807) is 30.3 Å². The molecule has 0 saturated heterocycles. The van der Waals surface area contributed by atoms with Crippen LogP contribution in [0.2, 0.25) is 10.0 Å². The number of nitrogens with one attached hydrogen (secondary N) is 2. The van der Waals surface area contributed by atoms with E-state index in [0.717, 1.165) is 21.2 Å². The Kier molecular flexibility index (Phi) is 9.00. The van der Waals surface area contributed by atoms with E-state index in [9.17, 15) is 4.79 Å². The summed E-state index contributed by atoms with van der Waals surface area (Å²) in [5.41, 5.74) is 5.67. The lowest BCUT2D eigenvalue weighted by Gasteiger charge is -2.13. The number of carbonyl (C=O) groups is 1. The molecule has 0 radical (unpaired) electrons. The second-order valence-electron chi connectivity index (χ2n) is 6.95. The number of urea groups is 1. The average Bonchev–Trinajstić information content (AvgIpc) is 2.77. The maximum atomic E-state index is 12.1. The van der Waals surface area contributed by atoms with Gasteiger partial charge in [-0.05, 0) is 73.5 Å². The topological polar surface area (TPSA) is 72.0 Å². The molecule has 2 N–H and O–H groups in total. The van der Waals surface area contributed by atoms with Crippen LogP contribution in [0.1, 0.15) is 23.6 Å². The molecule has 9 heteroatoms. The van der Waals surface area contributed by atoms with Gasteiger partial charge in [-0.2, -0.15) is 5.10 Å². The quantitative estimate of drug-likeness (QED) is 0.230. The second-order valence-corrected chi connectivity index (χ2v) is 8.65. The van der Waals surface area contributed by atoms with Gasteiger partial charge in [0.05, 0.1) is 12.8 Å². The van der Waals surface area contributed by atoms with E-state index >= 15 is 0 Å². The maximum Gasteiger partial charge on any atom is 0.339 e. The standard InChI is InChI=1S/C24H22BrCl2N3O3/c1-3-32-23-11-16(4-9-22(23)33-14-17-5-6-18(26)12-21(17)27)13-28-30-24(31)29-19-7-8-20(25)15(2)10-19/h4-13H,3,14H2,1-2H3,(H2,29,30,31)/b28-13+. The van der Waals surface area contributed by atoms with Gasteiger partial charge in [-0.15, -0.1) is 0 Å². The molecule has 0 bridgehead atoms. The smallest absolute Gasteiger partial charge is 0.339 e. The Morgan fingerprint density at radius 2 is 1.88 bits per heavy atom. The zero-order chi connectivity index (χ0) is 23.8. The summed E-state index contributed by atoms with van der Waals surface area (Å²) in [4.78, 5) is 12.1. The molecule has 0 aliphatic rings. The molecule has 6 nitrogen and oxygen atoms in total. The number of hydrazone groups is 1. The van der Waals surface area contributed by atoms with Crippen molar-refractivity contribution >= 4 is 57.1 Å². The summed E-state index contributed by atoms with van der Waals surface area (Å²) < 4.78 is 12.6. The fourth-order valence-corrected chi connectivity index (χ4v) is 3.54. The van der Waals surface area contributed by atoms with Gasteiger partial charge >= 0.3 is 6.03 Å². The fourth-order valence-electron chi connectivity index (χ4n) is 2.83. The highest BCUT2D eigenvalue weighted by atomic mass is 79.9. The van der Waals surface area contributed by atoms with Gasteiger partial charge in [-0.25, -0.2) is 10.2 Å². The van der Waals surface area contributed by atoms with E-state index in [-0.39, 0.29) is 6.61 Å². The van der Waals surface area contributed by atoms with Crippen LogP contribution >= 0.6 is 39.1 Å². The number of hydrogen-bond donors (Lipinski definition) is 2. The molecule has 0 spiro atoms. The van der Waals surface area contributed by atoms with Gasteiger partial charge in [-0.1, -0.05) is 45.2 Å². The highest BCUT2D eigenvalue weighted by Crippen LogP contribution is 2.30. The lowest BCUT2D eigenvalue weighted by molar-refractivity contribution is 0.252. The minimum absolute atomic E-state index is 0.265. The van der Waals surface area contributed by atoms with Gasteiger partial charge in [0, 0.05) is 25.8 Å². The van der Waals surface area contributed by atoms with Crippen molar-refractivity contribution in [3.63, 3.8) is 0 Å². The molecular formula is C24H22BrCl2N3O3. The molecule has 0 aliphatic carbocycles. The molecule has 0 unspecified atom stereocenters. The van der Waals surface area contributed by atoms with Crippen molar-refractivity contribution in [2.75, 3.05) is 11.9 Å². The summed E-state index contributed by atoms with van der Waals surface area (Å²) in [6.07, 6.45) is 1.52. The Bertz CT molecular complexity index is 1170. The van der Waals surface area contributed by atoms with Crippen LogP contribution in [0, 0.1) is 6.92 Å². The number of rotatable bonds is 8. The zero-order valence-corrected chi connectivity index (χ0v) is 21.1. The van der Waals surface area contributed by atoms with Gasteiger partial charge in [0.15, 0.2) is 11.5 Å². The molecule has 3 aromatic carbocycles. The molecule has 33 heavy (non-hydrogen) atoms. The number of amides is 2. The summed E-state index contributed by atoms with van der Waals surface area (Å²) in [7, 11) is 0. The van der Waals surface area contributed by atoms with Gasteiger partial charge < -0.3 is 14.8 Å². The first-order valence-electron chi connectivity index (χ1n) is 10.1. The summed E-state index contributed by atoms with van der Waals surface area (Å²) in [6, 6.07) is 15.7.